The number of nitrogens with zero attached hydrogens (tertiary/aromatic N) is 3. The lowest BCUT2D eigenvalue weighted by Gasteiger charge is -2.19. The Hall–Kier alpha value is -1.06. The fourth-order valence-electron chi connectivity index (χ4n) is 3.27. The van der Waals surface area contributed by atoms with Gasteiger partial charge in [-0.2, -0.15) is 0 Å². The molecule has 0 unspecified atom stereocenters. The van der Waals surface area contributed by atoms with Gasteiger partial charge in [0.15, 0.2) is 5.96 Å². The van der Waals surface area contributed by atoms with E-state index in [2.05, 4.69) is 46.5 Å². The van der Waals surface area contributed by atoms with Gasteiger partial charge < -0.3 is 25.2 Å². The fourth-order valence-corrected chi connectivity index (χ4v) is 3.27. The molecule has 0 aliphatic carbocycles. The second kappa shape index (κ2) is 14.9. The Bertz CT molecular complexity index is 552. The van der Waals surface area contributed by atoms with Gasteiger partial charge in [0.2, 0.25) is 0 Å². The van der Waals surface area contributed by atoms with Crippen LogP contribution in [0.15, 0.2) is 29.3 Å². The van der Waals surface area contributed by atoms with E-state index in [0.717, 1.165) is 50.7 Å². The molecule has 160 valence electrons. The maximum Gasteiger partial charge on any atom is 0.191 e. The Morgan fingerprint density at radius 2 is 1.89 bits per heavy atom. The summed E-state index contributed by atoms with van der Waals surface area (Å²) in [4.78, 5) is 9.73. The van der Waals surface area contributed by atoms with Gasteiger partial charge in [-0.3, -0.25) is 4.99 Å². The van der Waals surface area contributed by atoms with E-state index in [1.165, 1.54) is 38.2 Å². The predicted octanol–water partition coefficient (Wildman–Crippen LogP) is 2.44. The van der Waals surface area contributed by atoms with E-state index in [0.29, 0.717) is 0 Å². The van der Waals surface area contributed by atoms with Gasteiger partial charge in [0.25, 0.3) is 0 Å². The van der Waals surface area contributed by atoms with Crippen molar-refractivity contribution in [2.24, 2.45) is 4.99 Å². The molecule has 2 rings (SSSR count). The average molecular weight is 503 g/mol. The van der Waals surface area contributed by atoms with E-state index >= 15 is 0 Å². The molecule has 0 aromatic heterocycles. The molecule has 7 heteroatoms. The third kappa shape index (κ3) is 9.93. The molecule has 1 aliphatic heterocycles. The summed E-state index contributed by atoms with van der Waals surface area (Å²) in [6, 6.07) is 8.25. The third-order valence-electron chi connectivity index (χ3n) is 4.92. The van der Waals surface area contributed by atoms with E-state index in [9.17, 15) is 0 Å². The largest absolute Gasteiger partial charge is 0.497 e. The second-order valence-electron chi connectivity index (χ2n) is 7.14. The minimum atomic E-state index is 0. The van der Waals surface area contributed by atoms with Crippen LogP contribution in [0.5, 0.6) is 5.75 Å². The highest BCUT2D eigenvalue weighted by atomic mass is 127. The highest BCUT2D eigenvalue weighted by Gasteiger charge is 2.11. The molecule has 0 amide bonds. The zero-order valence-electron chi connectivity index (χ0n) is 17.7. The first kappa shape index (κ1) is 25.0. The van der Waals surface area contributed by atoms with Crippen LogP contribution in [0.25, 0.3) is 0 Å². The lowest BCUT2D eigenvalue weighted by molar-refractivity contribution is 0.275. The minimum absolute atomic E-state index is 0. The molecule has 0 atom stereocenters. The number of likely N-dealkylation sites (N-methyl/N-ethyl adjacent to an activating group) is 1. The molecule has 1 heterocycles. The molecule has 1 fully saturated rings. The van der Waals surface area contributed by atoms with E-state index in [4.69, 9.17) is 9.73 Å². The zero-order chi connectivity index (χ0) is 19.3. The molecule has 6 nitrogen and oxygen atoms in total. The van der Waals surface area contributed by atoms with Crippen LogP contribution in [0, 0.1) is 0 Å². The van der Waals surface area contributed by atoms with Crippen LogP contribution >= 0.6 is 24.0 Å². The number of nitrogens with one attached hydrogen (secondary N) is 2. The van der Waals surface area contributed by atoms with Gasteiger partial charge in [-0.25, -0.2) is 0 Å². The van der Waals surface area contributed by atoms with E-state index < -0.39 is 0 Å². The second-order valence-corrected chi connectivity index (χ2v) is 7.14. The topological polar surface area (TPSA) is 52.1 Å². The number of rotatable bonds is 9. The standard InChI is InChI=1S/C21H37N5O.HI/c1-4-22-21(24-13-11-19-7-9-20(27-3)10-8-19)23-12-5-15-26-16-6-14-25(2)17-18-26;/h7-10H,4-6,11-18H2,1-3H3,(H2,22,23,24);1H. The SMILES string of the molecule is CCNC(=NCCCN1CCCN(C)CC1)NCCc1ccc(OC)cc1.I. The molecule has 1 aromatic carbocycles. The van der Waals surface area contributed by atoms with Crippen LogP contribution in [-0.4, -0.2) is 82.3 Å². The van der Waals surface area contributed by atoms with Crippen LogP contribution in [0.1, 0.15) is 25.3 Å². The van der Waals surface area contributed by atoms with Crippen LogP contribution in [-0.2, 0) is 6.42 Å². The van der Waals surface area contributed by atoms with Crippen LogP contribution < -0.4 is 15.4 Å². The van der Waals surface area contributed by atoms with Crippen molar-refractivity contribution in [1.82, 2.24) is 20.4 Å². The molecule has 0 saturated carbocycles. The Labute approximate surface area is 188 Å². The Balaban J connectivity index is 0.00000392. The van der Waals surface area contributed by atoms with Gasteiger partial charge in [0, 0.05) is 32.7 Å². The van der Waals surface area contributed by atoms with Crippen molar-refractivity contribution in [2.75, 3.05) is 66.5 Å². The highest BCUT2D eigenvalue weighted by molar-refractivity contribution is 14.0. The third-order valence-corrected chi connectivity index (χ3v) is 4.92. The van der Waals surface area contributed by atoms with Crippen LogP contribution in [0.2, 0.25) is 0 Å². The maximum absolute atomic E-state index is 5.20. The van der Waals surface area contributed by atoms with E-state index in [-0.39, 0.29) is 24.0 Å². The van der Waals surface area contributed by atoms with Crippen LogP contribution in [0.3, 0.4) is 0 Å². The van der Waals surface area contributed by atoms with Gasteiger partial charge in [0.05, 0.1) is 7.11 Å². The van der Waals surface area contributed by atoms with Crippen molar-refractivity contribution in [3.05, 3.63) is 29.8 Å². The number of guanidine groups is 1. The molecule has 0 spiro atoms. The van der Waals surface area contributed by atoms with Crippen molar-refractivity contribution < 1.29 is 4.74 Å². The first-order chi connectivity index (χ1) is 13.2. The first-order valence-electron chi connectivity index (χ1n) is 10.3. The number of benzene rings is 1. The van der Waals surface area contributed by atoms with Crippen molar-refractivity contribution >= 4 is 29.9 Å². The van der Waals surface area contributed by atoms with E-state index in [1.807, 2.05) is 12.1 Å². The number of methoxy groups -OCH3 is 1. The van der Waals surface area contributed by atoms with Crippen molar-refractivity contribution in [2.45, 2.75) is 26.2 Å². The Kier molecular flexibility index (Phi) is 13.3. The smallest absolute Gasteiger partial charge is 0.191 e. The molecule has 2 N–H and O–H groups in total. The normalized spacial score (nSPS) is 16.2. The average Bonchev–Trinajstić information content (AvgIpc) is 2.90. The van der Waals surface area contributed by atoms with Gasteiger partial charge in [-0.1, -0.05) is 12.1 Å². The summed E-state index contributed by atoms with van der Waals surface area (Å²) in [5.41, 5.74) is 1.30. The van der Waals surface area contributed by atoms with Crippen LogP contribution in [0.4, 0.5) is 0 Å². The minimum Gasteiger partial charge on any atom is -0.497 e. The maximum atomic E-state index is 5.20. The van der Waals surface area contributed by atoms with Crippen molar-refractivity contribution in [3.8, 4) is 5.75 Å². The van der Waals surface area contributed by atoms with Gasteiger partial charge in [-0.05, 0) is 70.6 Å². The number of aliphatic imine (C=N–C) groups is 1. The summed E-state index contributed by atoms with van der Waals surface area (Å²) in [5, 5.41) is 6.78. The predicted molar refractivity (Wildman–Crippen MR) is 129 cm³/mol. The number of hydrogen-bond acceptors (Lipinski definition) is 4. The van der Waals surface area contributed by atoms with Gasteiger partial charge in [0.1, 0.15) is 5.75 Å². The quantitative estimate of drug-likeness (QED) is 0.235. The fraction of sp³-hybridized carbons (Fsp3) is 0.667. The summed E-state index contributed by atoms with van der Waals surface area (Å²) in [5.74, 6) is 1.82. The summed E-state index contributed by atoms with van der Waals surface area (Å²) >= 11 is 0. The van der Waals surface area contributed by atoms with Gasteiger partial charge >= 0.3 is 0 Å². The Morgan fingerprint density at radius 3 is 2.61 bits per heavy atom. The zero-order valence-corrected chi connectivity index (χ0v) is 20.1. The number of ether oxygens (including phenoxy) is 1. The van der Waals surface area contributed by atoms with Crippen molar-refractivity contribution in [3.63, 3.8) is 0 Å². The highest BCUT2D eigenvalue weighted by Crippen LogP contribution is 2.11. The molecule has 0 bridgehead atoms. The van der Waals surface area contributed by atoms with Gasteiger partial charge in [-0.15, -0.1) is 24.0 Å². The first-order valence-corrected chi connectivity index (χ1v) is 10.3. The molecular formula is C21H38IN5O. The molecular weight excluding hydrogens is 465 g/mol. The molecule has 1 saturated heterocycles. The van der Waals surface area contributed by atoms with E-state index in [1.54, 1.807) is 7.11 Å². The monoisotopic (exact) mass is 503 g/mol. The summed E-state index contributed by atoms with van der Waals surface area (Å²) in [7, 11) is 3.91. The molecule has 1 aromatic rings. The number of halogens is 1. The summed E-state index contributed by atoms with van der Waals surface area (Å²) in [6.07, 6.45) is 3.35. The molecule has 28 heavy (non-hydrogen) atoms. The molecule has 1 aliphatic rings. The summed E-state index contributed by atoms with van der Waals surface area (Å²) in [6.45, 7) is 10.7. The lowest BCUT2D eigenvalue weighted by Crippen LogP contribution is -2.38. The number of hydrogen-bond donors (Lipinski definition) is 2. The lowest BCUT2D eigenvalue weighted by atomic mass is 10.1. The van der Waals surface area contributed by atoms with Crippen molar-refractivity contribution in [1.29, 1.82) is 0 Å². The summed E-state index contributed by atoms with van der Waals surface area (Å²) < 4.78 is 5.20. The molecule has 0 radical (unpaired) electrons. The Morgan fingerprint density at radius 1 is 1.11 bits per heavy atom.